The summed E-state index contributed by atoms with van der Waals surface area (Å²) in [5.74, 6) is 0.555. The molecule has 0 radical (unpaired) electrons. The van der Waals surface area contributed by atoms with E-state index in [1.807, 2.05) is 6.92 Å². The highest BCUT2D eigenvalue weighted by atomic mass is 16.2. The van der Waals surface area contributed by atoms with Crippen molar-refractivity contribution in [2.24, 2.45) is 11.3 Å². The van der Waals surface area contributed by atoms with Crippen LogP contribution in [0.2, 0.25) is 0 Å². The van der Waals surface area contributed by atoms with Gasteiger partial charge in [-0.05, 0) is 31.7 Å². The van der Waals surface area contributed by atoms with Crippen molar-refractivity contribution in [1.29, 1.82) is 5.26 Å². The predicted molar refractivity (Wildman–Crippen MR) is 105 cm³/mol. The smallest absolute Gasteiger partial charge is 0.248 e. The van der Waals surface area contributed by atoms with Gasteiger partial charge in [-0.1, -0.05) is 13.3 Å². The third-order valence-electron chi connectivity index (χ3n) is 5.69. The number of nitrogens with zero attached hydrogens (tertiary/aromatic N) is 6. The molecule has 2 N–H and O–H groups in total. The SMILES string of the molecule is CC[C@]1(C#N)CCN(c2ccnc(Nc3cnn(NC(=O)C4CCC4)c3)n2)C1=O. The van der Waals surface area contributed by atoms with Gasteiger partial charge in [0.15, 0.2) is 0 Å². The Morgan fingerprint density at radius 2 is 2.28 bits per heavy atom. The molecule has 2 fully saturated rings. The van der Waals surface area contributed by atoms with Crippen molar-refractivity contribution in [2.45, 2.75) is 39.0 Å². The van der Waals surface area contributed by atoms with Crippen molar-refractivity contribution in [2.75, 3.05) is 22.2 Å². The van der Waals surface area contributed by atoms with Crippen molar-refractivity contribution >= 4 is 29.3 Å². The number of carbonyl (C=O) groups is 2. The van der Waals surface area contributed by atoms with Crippen LogP contribution < -0.4 is 15.6 Å². The van der Waals surface area contributed by atoms with Crippen molar-refractivity contribution in [3.8, 4) is 6.07 Å². The van der Waals surface area contributed by atoms with Crippen LogP contribution >= 0.6 is 0 Å². The first-order chi connectivity index (χ1) is 14.0. The van der Waals surface area contributed by atoms with Gasteiger partial charge in [-0.15, -0.1) is 0 Å². The summed E-state index contributed by atoms with van der Waals surface area (Å²) in [7, 11) is 0. The van der Waals surface area contributed by atoms with Gasteiger partial charge in [-0.25, -0.2) is 10.4 Å². The first-order valence-electron chi connectivity index (χ1n) is 9.73. The van der Waals surface area contributed by atoms with Crippen LogP contribution in [0.15, 0.2) is 24.7 Å². The quantitative estimate of drug-likeness (QED) is 0.766. The number of anilines is 3. The molecule has 3 heterocycles. The van der Waals surface area contributed by atoms with Gasteiger partial charge in [-0.2, -0.15) is 20.1 Å². The molecule has 10 heteroatoms. The Hall–Kier alpha value is -3.48. The summed E-state index contributed by atoms with van der Waals surface area (Å²) < 4.78 is 0. The lowest BCUT2D eigenvalue weighted by atomic mass is 9.85. The van der Waals surface area contributed by atoms with E-state index in [9.17, 15) is 14.9 Å². The zero-order chi connectivity index (χ0) is 20.4. The fraction of sp³-hybridized carbons (Fsp3) is 0.474. The summed E-state index contributed by atoms with van der Waals surface area (Å²) in [5.41, 5.74) is 2.36. The van der Waals surface area contributed by atoms with Gasteiger partial charge in [0.05, 0.1) is 24.2 Å². The van der Waals surface area contributed by atoms with Crippen molar-refractivity contribution in [3.63, 3.8) is 0 Å². The Bertz CT molecular complexity index is 977. The Balaban J connectivity index is 1.44. The lowest BCUT2D eigenvalue weighted by Gasteiger charge is -2.23. The van der Waals surface area contributed by atoms with E-state index in [2.05, 4.69) is 31.9 Å². The predicted octanol–water partition coefficient (Wildman–Crippen LogP) is 1.94. The Labute approximate surface area is 167 Å². The third kappa shape index (κ3) is 3.51. The summed E-state index contributed by atoms with van der Waals surface area (Å²) in [4.78, 5) is 36.2. The average Bonchev–Trinajstić information content (AvgIpc) is 3.24. The molecule has 10 nitrogen and oxygen atoms in total. The number of amides is 2. The molecule has 2 aromatic rings. The molecule has 150 valence electrons. The van der Waals surface area contributed by atoms with Crippen LogP contribution in [-0.4, -0.2) is 38.2 Å². The van der Waals surface area contributed by atoms with E-state index in [0.717, 1.165) is 19.3 Å². The van der Waals surface area contributed by atoms with Gasteiger partial charge >= 0.3 is 0 Å². The van der Waals surface area contributed by atoms with Crippen LogP contribution in [0.4, 0.5) is 17.5 Å². The summed E-state index contributed by atoms with van der Waals surface area (Å²) >= 11 is 0. The highest BCUT2D eigenvalue weighted by Crippen LogP contribution is 2.36. The average molecular weight is 394 g/mol. The summed E-state index contributed by atoms with van der Waals surface area (Å²) in [6.45, 7) is 2.29. The molecule has 29 heavy (non-hydrogen) atoms. The molecule has 1 atom stereocenters. The summed E-state index contributed by atoms with van der Waals surface area (Å²) in [6, 6.07) is 3.82. The first kappa shape index (κ1) is 18.9. The molecule has 1 saturated carbocycles. The molecule has 1 saturated heterocycles. The van der Waals surface area contributed by atoms with Crippen molar-refractivity contribution < 1.29 is 9.59 Å². The van der Waals surface area contributed by atoms with Gasteiger partial charge in [0.2, 0.25) is 17.8 Å². The minimum atomic E-state index is -0.974. The second-order valence-electron chi connectivity index (χ2n) is 7.40. The van der Waals surface area contributed by atoms with E-state index in [0.29, 0.717) is 36.8 Å². The van der Waals surface area contributed by atoms with Crippen LogP contribution in [0.25, 0.3) is 0 Å². The molecule has 2 amide bonds. The van der Waals surface area contributed by atoms with E-state index >= 15 is 0 Å². The Morgan fingerprint density at radius 3 is 2.93 bits per heavy atom. The summed E-state index contributed by atoms with van der Waals surface area (Å²) in [6.07, 6.45) is 8.61. The highest BCUT2D eigenvalue weighted by Gasteiger charge is 2.46. The number of rotatable bonds is 6. The molecule has 1 aliphatic heterocycles. The zero-order valence-electron chi connectivity index (χ0n) is 16.1. The number of hydrogen-bond donors (Lipinski definition) is 2. The molecule has 2 aromatic heterocycles. The van der Waals surface area contributed by atoms with E-state index in [4.69, 9.17) is 0 Å². The zero-order valence-corrected chi connectivity index (χ0v) is 16.1. The molecule has 4 rings (SSSR count). The third-order valence-corrected chi connectivity index (χ3v) is 5.69. The maximum Gasteiger partial charge on any atom is 0.248 e. The highest BCUT2D eigenvalue weighted by molar-refractivity contribution is 6.01. The second kappa shape index (κ2) is 7.50. The van der Waals surface area contributed by atoms with E-state index in [1.165, 1.54) is 9.69 Å². The van der Waals surface area contributed by atoms with Gasteiger partial charge in [0.1, 0.15) is 11.2 Å². The molecule has 0 aromatic carbocycles. The minimum absolute atomic E-state index is 0.0337. The molecular weight excluding hydrogens is 372 g/mol. The van der Waals surface area contributed by atoms with Crippen LogP contribution in [0.1, 0.15) is 39.0 Å². The normalized spacial score (nSPS) is 21.5. The fourth-order valence-corrected chi connectivity index (χ4v) is 3.51. The van der Waals surface area contributed by atoms with E-state index in [-0.39, 0.29) is 17.7 Å². The molecule has 2 aliphatic rings. The Kier molecular flexibility index (Phi) is 4.88. The largest absolute Gasteiger partial charge is 0.321 e. The number of nitriles is 1. The maximum atomic E-state index is 12.7. The van der Waals surface area contributed by atoms with Gasteiger partial charge < -0.3 is 5.32 Å². The first-order valence-corrected chi connectivity index (χ1v) is 9.73. The van der Waals surface area contributed by atoms with Crippen LogP contribution in [0.3, 0.4) is 0 Å². The topological polar surface area (TPSA) is 129 Å². The lowest BCUT2D eigenvalue weighted by molar-refractivity contribution is -0.124. The number of aromatic nitrogens is 4. The standard InChI is InChI=1S/C19H22N8O2/c1-2-19(12-20)7-9-26(17(19)29)15-6-8-21-18(24-15)23-14-10-22-27(11-14)25-16(28)13-4-3-5-13/h6,8,10-11,13H,2-5,7,9H2,1H3,(H,25,28)(H,21,23,24)/t19-/m1/s1. The van der Waals surface area contributed by atoms with Crippen molar-refractivity contribution in [1.82, 2.24) is 19.9 Å². The molecule has 0 bridgehead atoms. The molecule has 0 spiro atoms. The number of hydrogen-bond acceptors (Lipinski definition) is 7. The monoisotopic (exact) mass is 394 g/mol. The van der Waals surface area contributed by atoms with Crippen molar-refractivity contribution in [3.05, 3.63) is 24.7 Å². The second-order valence-corrected chi connectivity index (χ2v) is 7.40. The number of nitrogens with one attached hydrogen (secondary N) is 2. The fourth-order valence-electron chi connectivity index (χ4n) is 3.51. The summed E-state index contributed by atoms with van der Waals surface area (Å²) in [5, 5.41) is 16.6. The van der Waals surface area contributed by atoms with Gasteiger partial charge in [0.25, 0.3) is 0 Å². The molecular formula is C19H22N8O2. The maximum absolute atomic E-state index is 12.7. The molecule has 1 aliphatic carbocycles. The van der Waals surface area contributed by atoms with Crippen LogP contribution in [-0.2, 0) is 9.59 Å². The number of carbonyl (C=O) groups excluding carboxylic acids is 2. The van der Waals surface area contributed by atoms with Crippen LogP contribution in [0.5, 0.6) is 0 Å². The Morgan fingerprint density at radius 1 is 1.45 bits per heavy atom. The van der Waals surface area contributed by atoms with E-state index < -0.39 is 5.41 Å². The van der Waals surface area contributed by atoms with Gasteiger partial charge in [0, 0.05) is 18.7 Å². The van der Waals surface area contributed by atoms with Gasteiger partial charge in [-0.3, -0.25) is 14.5 Å². The minimum Gasteiger partial charge on any atom is -0.321 e. The van der Waals surface area contributed by atoms with Crippen LogP contribution in [0, 0.1) is 22.7 Å². The lowest BCUT2D eigenvalue weighted by Crippen LogP contribution is -2.33. The molecule has 0 unspecified atom stereocenters. The van der Waals surface area contributed by atoms with E-state index in [1.54, 1.807) is 24.7 Å².